The molecule has 0 aliphatic heterocycles. The van der Waals surface area contributed by atoms with Gasteiger partial charge in [0.05, 0.1) is 11.1 Å². The normalized spacial score (nSPS) is 10.7. The molecule has 0 saturated carbocycles. The molecular weight excluding hydrogens is 400 g/mol. The summed E-state index contributed by atoms with van der Waals surface area (Å²) in [7, 11) is 1.89. The number of carbonyl (C=O) groups is 2. The minimum absolute atomic E-state index is 0.393. The lowest BCUT2D eigenvalue weighted by atomic mass is 10.1. The summed E-state index contributed by atoms with van der Waals surface area (Å²) in [6.07, 6.45) is 3.28. The molecule has 0 saturated heterocycles. The first kappa shape index (κ1) is 19.6. The summed E-state index contributed by atoms with van der Waals surface area (Å²) in [4.78, 5) is 29.1. The molecule has 2 amide bonds. The van der Waals surface area contributed by atoms with Crippen molar-refractivity contribution in [3.05, 3.63) is 83.8 Å². The number of carbonyl (C=O) groups excluding carboxylic acids is 2. The van der Waals surface area contributed by atoms with Crippen LogP contribution in [0.4, 0.5) is 0 Å². The van der Waals surface area contributed by atoms with Crippen LogP contribution in [0.3, 0.4) is 0 Å². The Morgan fingerprint density at radius 3 is 2.53 bits per heavy atom. The number of aryl methyl sites for hydroxylation is 1. The smallest absolute Gasteiger partial charge is 0.271 e. The van der Waals surface area contributed by atoms with E-state index in [2.05, 4.69) is 26.0 Å². The summed E-state index contributed by atoms with van der Waals surface area (Å²) in [5.41, 5.74) is 7.37. The van der Waals surface area contributed by atoms with Crippen LogP contribution in [0.1, 0.15) is 26.3 Å². The average molecular weight is 418 g/mol. The Morgan fingerprint density at radius 2 is 1.77 bits per heavy atom. The van der Waals surface area contributed by atoms with Gasteiger partial charge in [0.2, 0.25) is 0 Å². The van der Waals surface area contributed by atoms with Gasteiger partial charge in [-0.25, -0.2) is 0 Å². The molecule has 9 heteroatoms. The summed E-state index contributed by atoms with van der Waals surface area (Å²) in [6, 6.07) is 16.2. The molecule has 2 heterocycles. The zero-order chi connectivity index (χ0) is 20.9. The van der Waals surface area contributed by atoms with Gasteiger partial charge in [-0.2, -0.15) is 0 Å². The minimum Gasteiger partial charge on any atom is -0.312 e. The van der Waals surface area contributed by atoms with Gasteiger partial charge in [0.15, 0.2) is 5.16 Å². The monoisotopic (exact) mass is 418 g/mol. The van der Waals surface area contributed by atoms with Crippen molar-refractivity contribution in [1.29, 1.82) is 0 Å². The topological polar surface area (TPSA) is 102 Å². The Hall–Kier alpha value is -3.72. The summed E-state index contributed by atoms with van der Waals surface area (Å²) >= 11 is 1.56. The summed E-state index contributed by atoms with van der Waals surface area (Å²) < 4.78 is 1.85. The minimum atomic E-state index is -0.427. The van der Waals surface area contributed by atoms with Gasteiger partial charge in [0.25, 0.3) is 11.8 Å². The van der Waals surface area contributed by atoms with E-state index in [1.54, 1.807) is 54.6 Å². The molecule has 0 unspecified atom stereocenters. The second kappa shape index (κ2) is 8.75. The maximum Gasteiger partial charge on any atom is 0.271 e. The Morgan fingerprint density at radius 1 is 1.00 bits per heavy atom. The molecule has 4 rings (SSSR count). The van der Waals surface area contributed by atoms with Crippen LogP contribution >= 0.6 is 11.8 Å². The lowest BCUT2D eigenvalue weighted by Gasteiger charge is -2.09. The molecule has 0 spiro atoms. The van der Waals surface area contributed by atoms with Crippen LogP contribution < -0.4 is 10.9 Å². The first-order valence-corrected chi connectivity index (χ1v) is 10.1. The fraction of sp³-hybridized carbons (Fsp3) is 0.0952. The predicted octanol–water partition coefficient (Wildman–Crippen LogP) is 2.73. The molecule has 0 aliphatic rings. The van der Waals surface area contributed by atoms with E-state index in [9.17, 15) is 9.59 Å². The fourth-order valence-corrected chi connectivity index (χ4v) is 3.69. The van der Waals surface area contributed by atoms with Crippen LogP contribution in [0.5, 0.6) is 0 Å². The zero-order valence-electron chi connectivity index (χ0n) is 16.1. The van der Waals surface area contributed by atoms with E-state index in [1.165, 1.54) is 0 Å². The van der Waals surface area contributed by atoms with E-state index in [0.29, 0.717) is 22.4 Å². The number of aromatic nitrogens is 4. The Kier molecular flexibility index (Phi) is 5.71. The van der Waals surface area contributed by atoms with Crippen molar-refractivity contribution in [3.63, 3.8) is 0 Å². The number of hydrogen-bond donors (Lipinski definition) is 2. The highest BCUT2D eigenvalue weighted by molar-refractivity contribution is 7.98. The zero-order valence-corrected chi connectivity index (χ0v) is 16.9. The molecule has 0 atom stereocenters. The SMILES string of the molecule is Cn1cnnc1SCc1ccc(C(=O)NNC(=O)c2cccc3cccnc23)cc1. The molecular formula is C21H18N6O2S. The van der Waals surface area contributed by atoms with E-state index in [1.807, 2.05) is 35.9 Å². The van der Waals surface area contributed by atoms with Gasteiger partial charge >= 0.3 is 0 Å². The number of amides is 2. The third-order valence-corrected chi connectivity index (χ3v) is 5.53. The maximum atomic E-state index is 12.5. The molecule has 0 bridgehead atoms. The lowest BCUT2D eigenvalue weighted by Crippen LogP contribution is -2.41. The van der Waals surface area contributed by atoms with Gasteiger partial charge in [0.1, 0.15) is 6.33 Å². The first-order chi connectivity index (χ1) is 14.6. The highest BCUT2D eigenvalue weighted by Crippen LogP contribution is 2.20. The Balaban J connectivity index is 1.35. The standard InChI is InChI=1S/C21H18N6O2S/c1-27-13-23-26-21(27)30-12-14-7-9-16(10-8-14)19(28)24-25-20(29)17-6-2-4-15-5-3-11-22-18(15)17/h2-11,13H,12H2,1H3,(H,24,28)(H,25,29). The molecule has 30 heavy (non-hydrogen) atoms. The highest BCUT2D eigenvalue weighted by Gasteiger charge is 2.13. The average Bonchev–Trinajstić information content (AvgIpc) is 3.20. The number of fused-ring (bicyclic) bond motifs is 1. The molecule has 0 aliphatic carbocycles. The third kappa shape index (κ3) is 4.31. The number of hydrazine groups is 1. The first-order valence-electron chi connectivity index (χ1n) is 9.12. The van der Waals surface area contributed by atoms with Crippen molar-refractivity contribution in [2.75, 3.05) is 0 Å². The van der Waals surface area contributed by atoms with Crippen molar-refractivity contribution in [1.82, 2.24) is 30.6 Å². The van der Waals surface area contributed by atoms with E-state index in [-0.39, 0.29) is 0 Å². The molecule has 4 aromatic rings. The number of nitrogens with one attached hydrogen (secondary N) is 2. The van der Waals surface area contributed by atoms with Gasteiger partial charge in [-0.3, -0.25) is 25.4 Å². The van der Waals surface area contributed by atoms with Crippen molar-refractivity contribution in [3.8, 4) is 0 Å². The van der Waals surface area contributed by atoms with Crippen LogP contribution in [0, 0.1) is 0 Å². The van der Waals surface area contributed by atoms with Gasteiger partial charge < -0.3 is 4.57 Å². The molecule has 0 radical (unpaired) electrons. The molecule has 150 valence electrons. The maximum absolute atomic E-state index is 12.5. The number of rotatable bonds is 5. The van der Waals surface area contributed by atoms with Crippen LogP contribution in [-0.4, -0.2) is 31.6 Å². The van der Waals surface area contributed by atoms with E-state index in [0.717, 1.165) is 16.1 Å². The van der Waals surface area contributed by atoms with E-state index >= 15 is 0 Å². The van der Waals surface area contributed by atoms with Gasteiger partial charge in [-0.05, 0) is 29.8 Å². The van der Waals surface area contributed by atoms with Crippen LogP contribution in [0.2, 0.25) is 0 Å². The van der Waals surface area contributed by atoms with Crippen molar-refractivity contribution < 1.29 is 9.59 Å². The van der Waals surface area contributed by atoms with Crippen molar-refractivity contribution in [2.45, 2.75) is 10.9 Å². The number of para-hydroxylation sites is 1. The molecule has 2 N–H and O–H groups in total. The van der Waals surface area contributed by atoms with Crippen molar-refractivity contribution in [2.24, 2.45) is 7.05 Å². The highest BCUT2D eigenvalue weighted by atomic mass is 32.2. The Bertz CT molecular complexity index is 1200. The van der Waals surface area contributed by atoms with Gasteiger partial charge in [-0.15, -0.1) is 10.2 Å². The molecule has 2 aromatic heterocycles. The van der Waals surface area contributed by atoms with E-state index < -0.39 is 11.8 Å². The van der Waals surface area contributed by atoms with Crippen molar-refractivity contribution >= 4 is 34.5 Å². The lowest BCUT2D eigenvalue weighted by molar-refractivity contribution is 0.0847. The van der Waals surface area contributed by atoms with Crippen LogP contribution in [-0.2, 0) is 12.8 Å². The Labute approximate surface area is 176 Å². The molecule has 0 fully saturated rings. The summed E-state index contributed by atoms with van der Waals surface area (Å²) in [5.74, 6) is -0.118. The third-order valence-electron chi connectivity index (χ3n) is 4.42. The number of thioether (sulfide) groups is 1. The largest absolute Gasteiger partial charge is 0.312 e. The predicted molar refractivity (Wildman–Crippen MR) is 114 cm³/mol. The fourth-order valence-electron chi connectivity index (χ4n) is 2.84. The second-order valence-electron chi connectivity index (χ2n) is 6.50. The number of nitrogens with zero attached hydrogens (tertiary/aromatic N) is 4. The van der Waals surface area contributed by atoms with E-state index in [4.69, 9.17) is 0 Å². The summed E-state index contributed by atoms with van der Waals surface area (Å²) in [5, 5.41) is 9.55. The van der Waals surface area contributed by atoms with Crippen LogP contribution in [0.25, 0.3) is 10.9 Å². The second-order valence-corrected chi connectivity index (χ2v) is 7.44. The number of hydrogen-bond acceptors (Lipinski definition) is 6. The molecule has 8 nitrogen and oxygen atoms in total. The molecule has 2 aromatic carbocycles. The summed E-state index contributed by atoms with van der Waals surface area (Å²) in [6.45, 7) is 0. The van der Waals surface area contributed by atoms with Gasteiger partial charge in [0, 0.05) is 29.9 Å². The number of pyridine rings is 1. The number of benzene rings is 2. The quantitative estimate of drug-likeness (QED) is 0.382. The van der Waals surface area contributed by atoms with Gasteiger partial charge in [-0.1, -0.05) is 42.1 Å². The van der Waals surface area contributed by atoms with Crippen LogP contribution in [0.15, 0.2) is 72.3 Å².